The first-order valence-electron chi connectivity index (χ1n) is 7.06. The van der Waals surface area contributed by atoms with Crippen LogP contribution in [0.3, 0.4) is 0 Å². The van der Waals surface area contributed by atoms with E-state index in [-0.39, 0.29) is 6.10 Å². The number of hydrogen-bond donors (Lipinski definition) is 3. The van der Waals surface area contributed by atoms with Crippen molar-refractivity contribution in [1.82, 2.24) is 10.6 Å². The zero-order valence-corrected chi connectivity index (χ0v) is 11.9. The maximum absolute atomic E-state index is 11.3. The molecule has 0 spiro atoms. The van der Waals surface area contributed by atoms with Crippen molar-refractivity contribution in [2.45, 2.75) is 38.2 Å². The Labute approximate surface area is 123 Å². The summed E-state index contributed by atoms with van der Waals surface area (Å²) in [6.07, 6.45) is 6.02. The number of urea groups is 1. The fourth-order valence-electron chi connectivity index (χ4n) is 2.06. The monoisotopic (exact) mass is 302 g/mol. The molecule has 0 heterocycles. The molecule has 0 aliphatic heterocycles. The van der Waals surface area contributed by atoms with Crippen molar-refractivity contribution in [1.29, 1.82) is 0 Å². The van der Waals surface area contributed by atoms with E-state index in [1.807, 2.05) is 5.32 Å². The number of imide groups is 1. The van der Waals surface area contributed by atoms with E-state index in [9.17, 15) is 14.4 Å². The lowest BCUT2D eigenvalue weighted by molar-refractivity contribution is -0.143. The van der Waals surface area contributed by atoms with Gasteiger partial charge < -0.3 is 19.9 Å². The lowest BCUT2D eigenvalue weighted by atomic mass is 9.98. The molecule has 8 nitrogen and oxygen atoms in total. The summed E-state index contributed by atoms with van der Waals surface area (Å²) in [6, 6.07) is -0.647. The van der Waals surface area contributed by atoms with Gasteiger partial charge in [-0.2, -0.15) is 0 Å². The highest BCUT2D eigenvalue weighted by atomic mass is 16.5. The molecule has 0 aromatic heterocycles. The lowest BCUT2D eigenvalue weighted by Crippen LogP contribution is -2.42. The molecule has 0 saturated heterocycles. The molecule has 1 rings (SSSR count). The molecule has 0 unspecified atom stereocenters. The van der Waals surface area contributed by atoms with Crippen LogP contribution >= 0.6 is 0 Å². The SMILES string of the molecule is O=C(O)COCC(=O)NC(=O)NCCOC1CCCCC1. The van der Waals surface area contributed by atoms with E-state index in [4.69, 9.17) is 9.84 Å². The van der Waals surface area contributed by atoms with Crippen LogP contribution in [0.4, 0.5) is 4.79 Å². The largest absolute Gasteiger partial charge is 0.480 e. The van der Waals surface area contributed by atoms with E-state index < -0.39 is 31.1 Å². The fourth-order valence-corrected chi connectivity index (χ4v) is 2.06. The number of ether oxygens (including phenoxy) is 2. The van der Waals surface area contributed by atoms with Crippen LogP contribution in [0, 0.1) is 0 Å². The van der Waals surface area contributed by atoms with Gasteiger partial charge in [0.05, 0.1) is 12.7 Å². The molecule has 1 saturated carbocycles. The van der Waals surface area contributed by atoms with Gasteiger partial charge in [0, 0.05) is 6.54 Å². The van der Waals surface area contributed by atoms with Crippen LogP contribution in [0.1, 0.15) is 32.1 Å². The number of carboxylic acids is 1. The summed E-state index contributed by atoms with van der Waals surface area (Å²) in [4.78, 5) is 32.7. The van der Waals surface area contributed by atoms with Gasteiger partial charge in [-0.05, 0) is 12.8 Å². The Morgan fingerprint density at radius 1 is 1.10 bits per heavy atom. The van der Waals surface area contributed by atoms with Crippen LogP contribution in [0.5, 0.6) is 0 Å². The summed E-state index contributed by atoms with van der Waals surface area (Å²) in [5, 5.41) is 12.8. The first-order chi connectivity index (χ1) is 10.1. The average molecular weight is 302 g/mol. The highest BCUT2D eigenvalue weighted by Crippen LogP contribution is 2.19. The topological polar surface area (TPSA) is 114 Å². The van der Waals surface area contributed by atoms with Crippen molar-refractivity contribution in [3.05, 3.63) is 0 Å². The zero-order valence-electron chi connectivity index (χ0n) is 11.9. The van der Waals surface area contributed by atoms with Gasteiger partial charge in [-0.15, -0.1) is 0 Å². The first-order valence-corrected chi connectivity index (χ1v) is 7.06. The zero-order chi connectivity index (χ0) is 15.5. The smallest absolute Gasteiger partial charge is 0.329 e. The van der Waals surface area contributed by atoms with Gasteiger partial charge in [0.25, 0.3) is 5.91 Å². The Morgan fingerprint density at radius 3 is 2.48 bits per heavy atom. The molecule has 1 aliphatic rings. The molecule has 21 heavy (non-hydrogen) atoms. The summed E-state index contributed by atoms with van der Waals surface area (Å²) >= 11 is 0. The quantitative estimate of drug-likeness (QED) is 0.554. The number of carboxylic acid groups (broad SMARTS) is 1. The van der Waals surface area contributed by atoms with Crippen LogP contribution in [-0.4, -0.2) is 55.5 Å². The first kappa shape index (κ1) is 17.4. The minimum Gasteiger partial charge on any atom is -0.480 e. The molecule has 3 amide bonds. The van der Waals surface area contributed by atoms with Crippen LogP contribution in [0.2, 0.25) is 0 Å². The van der Waals surface area contributed by atoms with Gasteiger partial charge >= 0.3 is 12.0 Å². The molecule has 0 aromatic rings. The molecular formula is C13H22N2O6. The summed E-state index contributed by atoms with van der Waals surface area (Å²) < 4.78 is 10.2. The van der Waals surface area contributed by atoms with Crippen molar-refractivity contribution < 1.29 is 29.0 Å². The minimum absolute atomic E-state index is 0.273. The van der Waals surface area contributed by atoms with Gasteiger partial charge in [-0.3, -0.25) is 10.1 Å². The third-order valence-electron chi connectivity index (χ3n) is 3.01. The number of rotatable bonds is 8. The summed E-state index contributed by atoms with van der Waals surface area (Å²) in [5.41, 5.74) is 0. The molecule has 120 valence electrons. The summed E-state index contributed by atoms with van der Waals surface area (Å²) in [5.74, 6) is -1.87. The van der Waals surface area contributed by atoms with E-state index in [2.05, 4.69) is 10.1 Å². The van der Waals surface area contributed by atoms with E-state index >= 15 is 0 Å². The van der Waals surface area contributed by atoms with Crippen molar-refractivity contribution in [2.24, 2.45) is 0 Å². The molecule has 0 atom stereocenters. The van der Waals surface area contributed by atoms with Gasteiger partial charge in [-0.1, -0.05) is 19.3 Å². The standard InChI is InChI=1S/C13H22N2O6/c16-11(8-20-9-12(17)18)15-13(19)14-6-7-21-10-4-2-1-3-5-10/h10H,1-9H2,(H,17,18)(H2,14,15,16,19). The normalized spacial score (nSPS) is 15.4. The summed E-state index contributed by atoms with van der Waals surface area (Å²) in [7, 11) is 0. The van der Waals surface area contributed by atoms with E-state index in [1.54, 1.807) is 0 Å². The molecule has 0 radical (unpaired) electrons. The second-order valence-corrected chi connectivity index (χ2v) is 4.82. The van der Waals surface area contributed by atoms with Crippen molar-refractivity contribution >= 4 is 17.9 Å². The predicted octanol–water partition coefficient (Wildman–Crippen LogP) is 0.263. The Kier molecular flexibility index (Phi) is 8.37. The van der Waals surface area contributed by atoms with Gasteiger partial charge in [0.15, 0.2) is 0 Å². The third kappa shape index (κ3) is 8.98. The van der Waals surface area contributed by atoms with E-state index in [1.165, 1.54) is 19.3 Å². The van der Waals surface area contributed by atoms with Crippen LogP contribution < -0.4 is 10.6 Å². The van der Waals surface area contributed by atoms with Gasteiger partial charge in [0.1, 0.15) is 13.2 Å². The number of amides is 3. The highest BCUT2D eigenvalue weighted by Gasteiger charge is 2.13. The Morgan fingerprint density at radius 2 is 1.81 bits per heavy atom. The number of carbonyl (C=O) groups excluding carboxylic acids is 2. The number of hydrogen-bond acceptors (Lipinski definition) is 5. The van der Waals surface area contributed by atoms with Crippen molar-refractivity contribution in [3.63, 3.8) is 0 Å². The molecule has 1 fully saturated rings. The van der Waals surface area contributed by atoms with Crippen molar-refractivity contribution in [2.75, 3.05) is 26.4 Å². The van der Waals surface area contributed by atoms with Gasteiger partial charge in [-0.25, -0.2) is 9.59 Å². The Balaban J connectivity index is 1.99. The average Bonchev–Trinajstić information content (AvgIpc) is 2.44. The number of nitrogens with one attached hydrogen (secondary N) is 2. The number of aliphatic carboxylic acids is 1. The molecule has 8 heteroatoms. The van der Waals surface area contributed by atoms with Crippen LogP contribution in [-0.2, 0) is 19.1 Å². The van der Waals surface area contributed by atoms with E-state index in [0.717, 1.165) is 12.8 Å². The molecule has 1 aliphatic carbocycles. The Bertz CT molecular complexity index is 355. The van der Waals surface area contributed by atoms with E-state index in [0.29, 0.717) is 13.2 Å². The minimum atomic E-state index is -1.17. The molecule has 0 bridgehead atoms. The summed E-state index contributed by atoms with van der Waals surface area (Å²) in [6.45, 7) is -0.337. The van der Waals surface area contributed by atoms with Gasteiger partial charge in [0.2, 0.25) is 0 Å². The molecule has 0 aromatic carbocycles. The molecule has 3 N–H and O–H groups in total. The van der Waals surface area contributed by atoms with Crippen LogP contribution in [0.25, 0.3) is 0 Å². The number of carbonyl (C=O) groups is 3. The Hall–Kier alpha value is -1.67. The maximum Gasteiger partial charge on any atom is 0.329 e. The van der Waals surface area contributed by atoms with Crippen molar-refractivity contribution in [3.8, 4) is 0 Å². The second-order valence-electron chi connectivity index (χ2n) is 4.82. The lowest BCUT2D eigenvalue weighted by Gasteiger charge is -2.21. The maximum atomic E-state index is 11.3. The highest BCUT2D eigenvalue weighted by molar-refractivity contribution is 5.94. The molecular weight excluding hydrogens is 280 g/mol. The second kappa shape index (κ2) is 10.1. The predicted molar refractivity (Wildman–Crippen MR) is 72.8 cm³/mol. The third-order valence-corrected chi connectivity index (χ3v) is 3.01. The fraction of sp³-hybridized carbons (Fsp3) is 0.769. The van der Waals surface area contributed by atoms with Crippen LogP contribution in [0.15, 0.2) is 0 Å².